The summed E-state index contributed by atoms with van der Waals surface area (Å²) in [6.45, 7) is 0.0525. The summed E-state index contributed by atoms with van der Waals surface area (Å²) in [6, 6.07) is -0.868. The van der Waals surface area contributed by atoms with E-state index < -0.39 is 24.8 Å². The van der Waals surface area contributed by atoms with Gasteiger partial charge in [0, 0.05) is 0 Å². The zero-order valence-electron chi connectivity index (χ0n) is 8.56. The fraction of sp³-hybridized carbons (Fsp3) is 0.875. The van der Waals surface area contributed by atoms with Gasteiger partial charge in [0.1, 0.15) is 12.6 Å². The van der Waals surface area contributed by atoms with Crippen LogP contribution in [0.4, 0.5) is 13.2 Å². The van der Waals surface area contributed by atoms with Gasteiger partial charge < -0.3 is 14.8 Å². The van der Waals surface area contributed by atoms with Crippen molar-refractivity contribution >= 4 is 5.97 Å². The van der Waals surface area contributed by atoms with Crippen LogP contribution in [0.1, 0.15) is 6.92 Å². The second kappa shape index (κ2) is 6.62. The fourth-order valence-electron chi connectivity index (χ4n) is 0.805. The third-order valence-corrected chi connectivity index (χ3v) is 1.47. The first kappa shape index (κ1) is 14.2. The van der Waals surface area contributed by atoms with Crippen LogP contribution >= 0.6 is 0 Å². The smallest absolute Gasteiger partial charge is 0.411 e. The van der Waals surface area contributed by atoms with Gasteiger partial charge in [-0.2, -0.15) is 13.2 Å². The van der Waals surface area contributed by atoms with Crippen molar-refractivity contribution in [3.8, 4) is 0 Å². The Kier molecular flexibility index (Phi) is 6.26. The van der Waals surface area contributed by atoms with Crippen molar-refractivity contribution in [3.63, 3.8) is 0 Å². The van der Waals surface area contributed by atoms with Gasteiger partial charge in [0.05, 0.1) is 13.2 Å². The van der Waals surface area contributed by atoms with E-state index in [1.165, 1.54) is 7.05 Å². The lowest BCUT2D eigenvalue weighted by Gasteiger charge is -2.15. The van der Waals surface area contributed by atoms with Gasteiger partial charge in [-0.25, -0.2) is 0 Å². The number of halogens is 3. The van der Waals surface area contributed by atoms with Crippen LogP contribution in [-0.4, -0.2) is 45.1 Å². The summed E-state index contributed by atoms with van der Waals surface area (Å²) in [5.41, 5.74) is 0. The monoisotopic (exact) mass is 229 g/mol. The van der Waals surface area contributed by atoms with Crippen molar-refractivity contribution in [3.05, 3.63) is 0 Å². The number of alkyl halides is 3. The van der Waals surface area contributed by atoms with Crippen LogP contribution in [0.3, 0.4) is 0 Å². The zero-order chi connectivity index (χ0) is 11.9. The molecule has 0 saturated heterocycles. The molecule has 0 saturated carbocycles. The average molecular weight is 229 g/mol. The molecule has 0 heterocycles. The molecule has 0 aliphatic carbocycles. The molecule has 90 valence electrons. The first-order valence-electron chi connectivity index (χ1n) is 4.39. The van der Waals surface area contributed by atoms with Gasteiger partial charge in [0.15, 0.2) is 0 Å². The summed E-state index contributed by atoms with van der Waals surface area (Å²) >= 11 is 0. The number of nitrogens with one attached hydrogen (secondary N) is 1. The minimum absolute atomic E-state index is 0.177. The highest BCUT2D eigenvalue weighted by molar-refractivity contribution is 5.75. The maximum atomic E-state index is 11.7. The van der Waals surface area contributed by atoms with Crippen LogP contribution in [0.15, 0.2) is 0 Å². The number of esters is 1. The summed E-state index contributed by atoms with van der Waals surface area (Å²) in [5.74, 6) is -0.623. The number of ether oxygens (including phenoxy) is 2. The van der Waals surface area contributed by atoms with Crippen molar-refractivity contribution < 1.29 is 27.4 Å². The Morgan fingerprint density at radius 2 is 2.07 bits per heavy atom. The standard InChI is InChI=1S/C8H14F3NO3/c1-3-15-7(13)6(12-2)4-14-5-8(9,10)11/h6,12H,3-5H2,1-2H3. The highest BCUT2D eigenvalue weighted by Crippen LogP contribution is 2.14. The van der Waals surface area contributed by atoms with Crippen molar-refractivity contribution in [1.82, 2.24) is 5.32 Å². The van der Waals surface area contributed by atoms with Gasteiger partial charge in [-0.05, 0) is 14.0 Å². The predicted octanol–water partition coefficient (Wildman–Crippen LogP) is 0.716. The molecule has 15 heavy (non-hydrogen) atoms. The van der Waals surface area contributed by atoms with Gasteiger partial charge in [-0.15, -0.1) is 0 Å². The Balaban J connectivity index is 3.85. The molecule has 4 nitrogen and oxygen atoms in total. The van der Waals surface area contributed by atoms with Gasteiger partial charge in [0.25, 0.3) is 0 Å². The third kappa shape index (κ3) is 7.15. The molecule has 0 aromatic heterocycles. The topological polar surface area (TPSA) is 47.6 Å². The average Bonchev–Trinajstić information content (AvgIpc) is 2.11. The van der Waals surface area contributed by atoms with Gasteiger partial charge in [-0.1, -0.05) is 0 Å². The van der Waals surface area contributed by atoms with E-state index in [4.69, 9.17) is 0 Å². The highest BCUT2D eigenvalue weighted by Gasteiger charge is 2.28. The number of carbonyl (C=O) groups excluding carboxylic acids is 1. The van der Waals surface area contributed by atoms with E-state index in [0.717, 1.165) is 0 Å². The predicted molar refractivity (Wildman–Crippen MR) is 46.4 cm³/mol. The normalized spacial score (nSPS) is 13.7. The second-order valence-electron chi connectivity index (χ2n) is 2.72. The van der Waals surface area contributed by atoms with E-state index in [2.05, 4.69) is 14.8 Å². The molecule has 0 bridgehead atoms. The van der Waals surface area contributed by atoms with Crippen LogP contribution in [0.2, 0.25) is 0 Å². The number of rotatable bonds is 6. The molecule has 0 amide bonds. The summed E-state index contributed by atoms with van der Waals surface area (Å²) in [6.07, 6.45) is -4.38. The van der Waals surface area contributed by atoms with E-state index >= 15 is 0 Å². The number of hydrogen-bond acceptors (Lipinski definition) is 4. The van der Waals surface area contributed by atoms with Gasteiger partial charge in [0.2, 0.25) is 0 Å². The Morgan fingerprint density at radius 1 is 1.47 bits per heavy atom. The lowest BCUT2D eigenvalue weighted by Crippen LogP contribution is -2.40. The Morgan fingerprint density at radius 3 is 2.47 bits per heavy atom. The van der Waals surface area contributed by atoms with Crippen molar-refractivity contribution in [2.24, 2.45) is 0 Å². The summed E-state index contributed by atoms with van der Waals surface area (Å²) in [5, 5.41) is 2.51. The number of carbonyl (C=O) groups is 1. The van der Waals surface area contributed by atoms with Crippen molar-refractivity contribution in [2.45, 2.75) is 19.1 Å². The van der Waals surface area contributed by atoms with E-state index in [-0.39, 0.29) is 13.2 Å². The lowest BCUT2D eigenvalue weighted by molar-refractivity contribution is -0.178. The van der Waals surface area contributed by atoms with Crippen LogP contribution < -0.4 is 5.32 Å². The largest absolute Gasteiger partial charge is 0.465 e. The molecular formula is C8H14F3NO3. The minimum atomic E-state index is -4.38. The molecular weight excluding hydrogens is 215 g/mol. The maximum absolute atomic E-state index is 11.7. The molecule has 0 aliphatic rings. The van der Waals surface area contributed by atoms with E-state index in [0.29, 0.717) is 0 Å². The molecule has 0 spiro atoms. The Labute approximate surface area is 85.7 Å². The molecule has 0 rings (SSSR count). The minimum Gasteiger partial charge on any atom is -0.465 e. The lowest BCUT2D eigenvalue weighted by atomic mass is 10.3. The molecule has 0 aromatic rings. The first-order valence-corrected chi connectivity index (χ1v) is 4.39. The van der Waals surface area contributed by atoms with Crippen LogP contribution in [0, 0.1) is 0 Å². The zero-order valence-corrected chi connectivity index (χ0v) is 8.56. The molecule has 1 atom stereocenters. The van der Waals surface area contributed by atoms with Crippen molar-refractivity contribution in [1.29, 1.82) is 0 Å². The molecule has 0 radical (unpaired) electrons. The summed E-state index contributed by atoms with van der Waals surface area (Å²) < 4.78 is 44.0. The second-order valence-corrected chi connectivity index (χ2v) is 2.72. The molecule has 1 N–H and O–H groups in total. The molecule has 0 fully saturated rings. The SMILES string of the molecule is CCOC(=O)C(COCC(F)(F)F)NC. The van der Waals surface area contributed by atoms with E-state index in [9.17, 15) is 18.0 Å². The van der Waals surface area contributed by atoms with Gasteiger partial charge in [-0.3, -0.25) is 4.79 Å². The summed E-state index contributed by atoms with van der Waals surface area (Å²) in [7, 11) is 1.44. The van der Waals surface area contributed by atoms with E-state index in [1.807, 2.05) is 0 Å². The number of likely N-dealkylation sites (N-methyl/N-ethyl adjacent to an activating group) is 1. The Bertz CT molecular complexity index is 196. The van der Waals surface area contributed by atoms with E-state index in [1.54, 1.807) is 6.92 Å². The van der Waals surface area contributed by atoms with Crippen LogP contribution in [-0.2, 0) is 14.3 Å². The Hall–Kier alpha value is -0.820. The molecule has 1 unspecified atom stereocenters. The maximum Gasteiger partial charge on any atom is 0.411 e. The highest BCUT2D eigenvalue weighted by atomic mass is 19.4. The fourth-order valence-corrected chi connectivity index (χ4v) is 0.805. The molecule has 0 aromatic carbocycles. The first-order chi connectivity index (χ1) is 6.90. The van der Waals surface area contributed by atoms with Crippen LogP contribution in [0.5, 0.6) is 0 Å². The quantitative estimate of drug-likeness (QED) is 0.682. The molecule has 7 heteroatoms. The third-order valence-electron chi connectivity index (χ3n) is 1.47. The van der Waals surface area contributed by atoms with Gasteiger partial charge >= 0.3 is 12.1 Å². The molecule has 0 aliphatic heterocycles. The summed E-state index contributed by atoms with van der Waals surface area (Å²) in [4.78, 5) is 11.1. The van der Waals surface area contributed by atoms with Crippen LogP contribution in [0.25, 0.3) is 0 Å². The van der Waals surface area contributed by atoms with Crippen molar-refractivity contribution in [2.75, 3.05) is 26.9 Å². The number of hydrogen-bond donors (Lipinski definition) is 1.